The number of hydrogen-bond donors (Lipinski definition) is 2. The van der Waals surface area contributed by atoms with E-state index in [9.17, 15) is 0 Å². The summed E-state index contributed by atoms with van der Waals surface area (Å²) < 4.78 is 13.1. The molecule has 9 heteroatoms. The van der Waals surface area contributed by atoms with Crippen molar-refractivity contribution in [1.29, 1.82) is 0 Å². The van der Waals surface area contributed by atoms with Crippen molar-refractivity contribution in [2.24, 2.45) is 7.05 Å². The van der Waals surface area contributed by atoms with Gasteiger partial charge in [0.25, 0.3) is 0 Å². The van der Waals surface area contributed by atoms with Crippen LogP contribution >= 0.6 is 0 Å². The molecule has 34 heavy (non-hydrogen) atoms. The van der Waals surface area contributed by atoms with Crippen LogP contribution in [-0.4, -0.2) is 43.6 Å². The minimum absolute atomic E-state index is 0.0934. The highest BCUT2D eigenvalue weighted by molar-refractivity contribution is 5.95. The molecule has 0 radical (unpaired) electrons. The van der Waals surface area contributed by atoms with Crippen molar-refractivity contribution in [3.63, 3.8) is 0 Å². The fourth-order valence-corrected chi connectivity index (χ4v) is 4.03. The van der Waals surface area contributed by atoms with E-state index in [1.165, 1.54) is 0 Å². The van der Waals surface area contributed by atoms with E-state index in [1.807, 2.05) is 75.2 Å². The molecule has 172 valence electrons. The summed E-state index contributed by atoms with van der Waals surface area (Å²) >= 11 is 0. The summed E-state index contributed by atoms with van der Waals surface area (Å²) in [5.41, 5.74) is 11.1. The Hall–Kier alpha value is -4.08. The number of hydrogen-bond acceptors (Lipinski definition) is 7. The third-order valence-corrected chi connectivity index (χ3v) is 5.87. The summed E-state index contributed by atoms with van der Waals surface area (Å²) in [7, 11) is 3.47. The highest BCUT2D eigenvalue weighted by atomic mass is 16.7. The molecule has 1 atom stereocenters. The van der Waals surface area contributed by atoms with Crippen LogP contribution < -0.4 is 5.73 Å². The number of pyridine rings is 1. The van der Waals surface area contributed by atoms with Crippen molar-refractivity contribution in [3.05, 3.63) is 78.5 Å². The van der Waals surface area contributed by atoms with Gasteiger partial charge in [-0.05, 0) is 24.6 Å². The average molecular weight is 456 g/mol. The molecule has 0 aliphatic heterocycles. The number of methoxy groups -OCH3 is 1. The summed E-state index contributed by atoms with van der Waals surface area (Å²) in [6.07, 6.45) is 7.47. The van der Waals surface area contributed by atoms with Gasteiger partial charge in [-0.15, -0.1) is 0 Å². The molecule has 0 bridgehead atoms. The first-order valence-electron chi connectivity index (χ1n) is 10.8. The molecule has 0 saturated heterocycles. The maximum Gasteiger partial charge on any atom is 0.220 e. The van der Waals surface area contributed by atoms with E-state index in [2.05, 4.69) is 31.1 Å². The van der Waals surface area contributed by atoms with Gasteiger partial charge in [0.15, 0.2) is 0 Å². The summed E-state index contributed by atoms with van der Waals surface area (Å²) in [4.78, 5) is 16.9. The van der Waals surface area contributed by atoms with Gasteiger partial charge in [0.2, 0.25) is 5.95 Å². The Labute approximate surface area is 196 Å². The Morgan fingerprint density at radius 3 is 2.65 bits per heavy atom. The van der Waals surface area contributed by atoms with Gasteiger partial charge in [-0.1, -0.05) is 30.3 Å². The van der Waals surface area contributed by atoms with Crippen LogP contribution in [0, 0.1) is 0 Å². The van der Waals surface area contributed by atoms with Crippen molar-refractivity contribution < 1.29 is 9.47 Å². The zero-order valence-electron chi connectivity index (χ0n) is 19.2. The summed E-state index contributed by atoms with van der Waals surface area (Å²) in [6, 6.07) is 13.8. The summed E-state index contributed by atoms with van der Waals surface area (Å²) in [6.45, 7) is 2.04. The number of aromatic nitrogens is 6. The van der Waals surface area contributed by atoms with Crippen LogP contribution in [0.4, 0.5) is 5.95 Å². The fraction of sp³-hybridized carbons (Fsp3) is 0.200. The van der Waals surface area contributed by atoms with E-state index in [0.717, 1.165) is 33.3 Å². The van der Waals surface area contributed by atoms with Crippen molar-refractivity contribution in [1.82, 2.24) is 29.7 Å². The van der Waals surface area contributed by atoms with Gasteiger partial charge in [0.1, 0.15) is 18.0 Å². The van der Waals surface area contributed by atoms with Gasteiger partial charge in [-0.2, -0.15) is 5.10 Å². The number of ether oxygens (including phenoxy) is 2. The molecule has 4 aromatic heterocycles. The maximum atomic E-state index is 6.19. The fourth-order valence-electron chi connectivity index (χ4n) is 4.03. The monoisotopic (exact) mass is 455 g/mol. The lowest BCUT2D eigenvalue weighted by Crippen LogP contribution is -2.30. The molecule has 0 amide bonds. The summed E-state index contributed by atoms with van der Waals surface area (Å²) in [5.74, 6) is 0.154. The van der Waals surface area contributed by atoms with Gasteiger partial charge in [0, 0.05) is 54.8 Å². The number of nitrogens with zero attached hydrogens (tertiary/aromatic N) is 5. The van der Waals surface area contributed by atoms with E-state index < -0.39 is 5.60 Å². The predicted octanol–water partition coefficient (Wildman–Crippen LogP) is 3.89. The quantitative estimate of drug-likeness (QED) is 0.358. The van der Waals surface area contributed by atoms with E-state index in [1.54, 1.807) is 11.8 Å². The number of aromatic amines is 1. The standard InChI is InChI=1S/C25H25N7O2/c1-25(34-15-33-3,18-7-5-4-6-8-18)22-10-21(30-24(26)31-22)20-13-28-23-19(20)9-16(11-27-23)17-12-29-32(2)14-17/h4-14H,15H2,1-3H3,(H,27,28)(H2,26,30,31). The van der Waals surface area contributed by atoms with Crippen LogP contribution in [-0.2, 0) is 22.1 Å². The minimum Gasteiger partial charge on any atom is -0.368 e. The maximum absolute atomic E-state index is 6.19. The average Bonchev–Trinajstić information content (AvgIpc) is 3.48. The van der Waals surface area contributed by atoms with Crippen molar-refractivity contribution in [2.45, 2.75) is 12.5 Å². The number of aryl methyl sites for hydroxylation is 1. The predicted molar refractivity (Wildman–Crippen MR) is 130 cm³/mol. The lowest BCUT2D eigenvalue weighted by atomic mass is 9.91. The van der Waals surface area contributed by atoms with Gasteiger partial charge >= 0.3 is 0 Å². The molecule has 3 N–H and O–H groups in total. The smallest absolute Gasteiger partial charge is 0.220 e. The third-order valence-electron chi connectivity index (χ3n) is 5.87. The van der Waals surface area contributed by atoms with Gasteiger partial charge in [0.05, 0.1) is 17.6 Å². The molecule has 0 spiro atoms. The molecule has 0 aliphatic carbocycles. The first-order valence-corrected chi connectivity index (χ1v) is 10.8. The zero-order valence-corrected chi connectivity index (χ0v) is 19.2. The molecule has 0 fully saturated rings. The SMILES string of the molecule is COCOC(C)(c1ccccc1)c1cc(-c2c[nH]c3ncc(-c4cnn(C)c4)cc23)nc(N)n1. The van der Waals surface area contributed by atoms with Crippen molar-refractivity contribution >= 4 is 17.0 Å². The van der Waals surface area contributed by atoms with Crippen LogP contribution in [0.25, 0.3) is 33.4 Å². The number of nitrogens with two attached hydrogens (primary N) is 1. The number of rotatable bonds is 7. The molecule has 1 aromatic carbocycles. The van der Waals surface area contributed by atoms with E-state index >= 15 is 0 Å². The van der Waals surface area contributed by atoms with Gasteiger partial charge < -0.3 is 20.2 Å². The van der Waals surface area contributed by atoms with Crippen LogP contribution in [0.15, 0.2) is 67.3 Å². The normalized spacial score (nSPS) is 13.3. The van der Waals surface area contributed by atoms with Crippen molar-refractivity contribution in [3.8, 4) is 22.4 Å². The first-order chi connectivity index (χ1) is 16.5. The van der Waals surface area contributed by atoms with E-state index in [-0.39, 0.29) is 12.7 Å². The first kappa shape index (κ1) is 21.7. The molecule has 0 aliphatic rings. The molecule has 5 rings (SSSR count). The van der Waals surface area contributed by atoms with Crippen LogP contribution in [0.5, 0.6) is 0 Å². The Kier molecular flexibility index (Phi) is 5.56. The molecule has 0 saturated carbocycles. The van der Waals surface area contributed by atoms with E-state index in [4.69, 9.17) is 15.2 Å². The number of nitrogens with one attached hydrogen (secondary N) is 1. The third kappa shape index (κ3) is 3.91. The zero-order chi connectivity index (χ0) is 23.7. The number of benzene rings is 1. The number of fused-ring (bicyclic) bond motifs is 1. The molecule has 4 heterocycles. The second-order valence-electron chi connectivity index (χ2n) is 8.17. The Balaban J connectivity index is 1.64. The Morgan fingerprint density at radius 1 is 1.09 bits per heavy atom. The molecular formula is C25H25N7O2. The topological polar surface area (TPSA) is 117 Å². The number of H-pyrrole nitrogens is 1. The Bertz CT molecular complexity index is 1440. The van der Waals surface area contributed by atoms with Gasteiger partial charge in [-0.25, -0.2) is 15.0 Å². The number of nitrogen functional groups attached to an aromatic ring is 1. The largest absolute Gasteiger partial charge is 0.368 e. The van der Waals surface area contributed by atoms with Crippen LogP contribution in [0.2, 0.25) is 0 Å². The van der Waals surface area contributed by atoms with Crippen LogP contribution in [0.3, 0.4) is 0 Å². The molecule has 5 aromatic rings. The second kappa shape index (κ2) is 8.69. The Morgan fingerprint density at radius 2 is 1.91 bits per heavy atom. The second-order valence-corrected chi connectivity index (χ2v) is 8.17. The highest BCUT2D eigenvalue weighted by Gasteiger charge is 2.33. The summed E-state index contributed by atoms with van der Waals surface area (Å²) in [5, 5.41) is 5.19. The lowest BCUT2D eigenvalue weighted by molar-refractivity contribution is -0.109. The minimum atomic E-state index is -0.895. The van der Waals surface area contributed by atoms with E-state index in [0.29, 0.717) is 11.4 Å². The number of anilines is 1. The van der Waals surface area contributed by atoms with Crippen LogP contribution in [0.1, 0.15) is 18.2 Å². The van der Waals surface area contributed by atoms with Crippen molar-refractivity contribution in [2.75, 3.05) is 19.6 Å². The highest BCUT2D eigenvalue weighted by Crippen LogP contribution is 2.36. The molecule has 9 nitrogen and oxygen atoms in total. The molecule has 1 unspecified atom stereocenters. The molecular weight excluding hydrogens is 430 g/mol. The van der Waals surface area contributed by atoms with Gasteiger partial charge in [-0.3, -0.25) is 4.68 Å². The lowest BCUT2D eigenvalue weighted by Gasteiger charge is -2.30.